The van der Waals surface area contributed by atoms with E-state index in [0.717, 1.165) is 11.3 Å². The van der Waals surface area contributed by atoms with Gasteiger partial charge in [0, 0.05) is 11.6 Å². The van der Waals surface area contributed by atoms with E-state index in [2.05, 4.69) is 44.1 Å². The minimum Gasteiger partial charge on any atom is -0.368 e. The molecular formula is C17H28N2O. The van der Waals surface area contributed by atoms with Gasteiger partial charge in [-0.1, -0.05) is 58.8 Å². The fraction of sp³-hybridized carbons (Fsp3) is 0.471. The predicted molar refractivity (Wildman–Crippen MR) is 87.9 cm³/mol. The van der Waals surface area contributed by atoms with Crippen molar-refractivity contribution in [3.8, 4) is 11.3 Å². The zero-order valence-electron chi connectivity index (χ0n) is 13.8. The van der Waals surface area contributed by atoms with Crippen molar-refractivity contribution in [1.82, 2.24) is 5.16 Å². The molecule has 0 fully saturated rings. The minimum atomic E-state index is 0.351. The molecule has 2 rings (SSSR count). The number of benzene rings is 1. The molecule has 1 heterocycles. The van der Waals surface area contributed by atoms with Crippen molar-refractivity contribution in [2.45, 2.75) is 54.4 Å². The van der Waals surface area contributed by atoms with E-state index in [1.807, 2.05) is 27.7 Å². The standard InChI is InChI=1S/C13H16N2O.2C2H6/c1-8(2)10-5-4-9(3)11(6-10)12-7-13(14)16-15-12;2*1-2/h4-8H,14H2,1-3H3;2*1-2H3. The van der Waals surface area contributed by atoms with Crippen LogP contribution in [0.4, 0.5) is 5.88 Å². The second-order valence-electron chi connectivity index (χ2n) is 4.34. The molecule has 0 amide bonds. The molecular weight excluding hydrogens is 248 g/mol. The van der Waals surface area contributed by atoms with Crippen molar-refractivity contribution in [3.05, 3.63) is 35.4 Å². The highest BCUT2D eigenvalue weighted by Gasteiger charge is 2.09. The van der Waals surface area contributed by atoms with Crippen LogP contribution in [0.15, 0.2) is 28.8 Å². The number of nitrogen functional groups attached to an aromatic ring is 1. The van der Waals surface area contributed by atoms with Gasteiger partial charge in [0.1, 0.15) is 5.69 Å². The summed E-state index contributed by atoms with van der Waals surface area (Å²) in [5.74, 6) is 0.855. The number of anilines is 1. The molecule has 3 nitrogen and oxygen atoms in total. The summed E-state index contributed by atoms with van der Waals surface area (Å²) in [6.07, 6.45) is 0. The Labute approximate surface area is 123 Å². The average Bonchev–Trinajstić information content (AvgIpc) is 2.90. The number of aryl methyl sites for hydroxylation is 1. The number of rotatable bonds is 2. The van der Waals surface area contributed by atoms with E-state index in [9.17, 15) is 0 Å². The molecule has 0 saturated carbocycles. The van der Waals surface area contributed by atoms with Crippen LogP contribution in [0.3, 0.4) is 0 Å². The summed E-state index contributed by atoms with van der Waals surface area (Å²) in [4.78, 5) is 0. The maximum atomic E-state index is 5.53. The Balaban J connectivity index is 0.000000829. The summed E-state index contributed by atoms with van der Waals surface area (Å²) >= 11 is 0. The van der Waals surface area contributed by atoms with Gasteiger partial charge < -0.3 is 10.3 Å². The van der Waals surface area contributed by atoms with Gasteiger partial charge >= 0.3 is 0 Å². The number of nitrogens with zero attached hydrogens (tertiary/aromatic N) is 1. The summed E-state index contributed by atoms with van der Waals surface area (Å²) in [7, 11) is 0. The Morgan fingerprint density at radius 3 is 2.10 bits per heavy atom. The molecule has 0 radical (unpaired) electrons. The number of hydrogen-bond donors (Lipinski definition) is 1. The van der Waals surface area contributed by atoms with Gasteiger partial charge in [-0.05, 0) is 30.0 Å². The molecule has 0 spiro atoms. The second kappa shape index (κ2) is 9.18. The van der Waals surface area contributed by atoms with Gasteiger partial charge in [0.2, 0.25) is 5.88 Å². The highest BCUT2D eigenvalue weighted by Crippen LogP contribution is 2.27. The van der Waals surface area contributed by atoms with Gasteiger partial charge in [-0.3, -0.25) is 0 Å². The van der Waals surface area contributed by atoms with Gasteiger partial charge in [-0.2, -0.15) is 0 Å². The average molecular weight is 276 g/mol. The minimum absolute atomic E-state index is 0.351. The largest absolute Gasteiger partial charge is 0.368 e. The Bertz CT molecular complexity index is 501. The second-order valence-corrected chi connectivity index (χ2v) is 4.34. The normalized spacial score (nSPS) is 9.40. The van der Waals surface area contributed by atoms with Crippen LogP contribution < -0.4 is 5.73 Å². The molecule has 20 heavy (non-hydrogen) atoms. The van der Waals surface area contributed by atoms with Crippen molar-refractivity contribution in [2.75, 3.05) is 5.73 Å². The first kappa shape index (κ1) is 18.2. The molecule has 0 bridgehead atoms. The van der Waals surface area contributed by atoms with E-state index in [1.54, 1.807) is 6.07 Å². The lowest BCUT2D eigenvalue weighted by Gasteiger charge is -2.09. The fourth-order valence-corrected chi connectivity index (χ4v) is 1.69. The number of aromatic nitrogens is 1. The van der Waals surface area contributed by atoms with E-state index in [1.165, 1.54) is 11.1 Å². The smallest absolute Gasteiger partial charge is 0.222 e. The molecule has 0 atom stereocenters. The summed E-state index contributed by atoms with van der Waals surface area (Å²) in [6, 6.07) is 8.16. The van der Waals surface area contributed by atoms with E-state index in [0.29, 0.717) is 11.8 Å². The van der Waals surface area contributed by atoms with Crippen LogP contribution in [0.25, 0.3) is 11.3 Å². The third kappa shape index (κ3) is 4.72. The summed E-state index contributed by atoms with van der Waals surface area (Å²) in [6.45, 7) is 14.4. The SMILES string of the molecule is CC.CC.Cc1ccc(C(C)C)cc1-c1cc(N)on1. The van der Waals surface area contributed by atoms with E-state index >= 15 is 0 Å². The lowest BCUT2D eigenvalue weighted by Crippen LogP contribution is -1.90. The van der Waals surface area contributed by atoms with Crippen LogP contribution in [0, 0.1) is 6.92 Å². The van der Waals surface area contributed by atoms with E-state index < -0.39 is 0 Å². The Hall–Kier alpha value is -1.77. The molecule has 2 N–H and O–H groups in total. The summed E-state index contributed by atoms with van der Waals surface area (Å²) in [5.41, 5.74) is 9.90. The predicted octanol–water partition coefficient (Wildman–Crippen LogP) is 5.41. The quantitative estimate of drug-likeness (QED) is 0.798. The molecule has 0 unspecified atom stereocenters. The number of nitrogens with two attached hydrogens (primary N) is 1. The fourth-order valence-electron chi connectivity index (χ4n) is 1.69. The lowest BCUT2D eigenvalue weighted by molar-refractivity contribution is 0.439. The van der Waals surface area contributed by atoms with Crippen LogP contribution in [0.5, 0.6) is 0 Å². The first-order chi connectivity index (χ1) is 9.58. The summed E-state index contributed by atoms with van der Waals surface area (Å²) < 4.78 is 4.90. The first-order valence-electron chi connectivity index (χ1n) is 7.41. The van der Waals surface area contributed by atoms with Crippen LogP contribution >= 0.6 is 0 Å². The van der Waals surface area contributed by atoms with Gasteiger partial charge in [0.15, 0.2) is 0 Å². The molecule has 1 aromatic heterocycles. The highest BCUT2D eigenvalue weighted by molar-refractivity contribution is 5.66. The molecule has 0 aliphatic heterocycles. The van der Waals surface area contributed by atoms with Crippen LogP contribution in [-0.4, -0.2) is 5.16 Å². The van der Waals surface area contributed by atoms with Crippen LogP contribution in [0.1, 0.15) is 58.6 Å². The maximum Gasteiger partial charge on any atom is 0.222 e. The van der Waals surface area contributed by atoms with Gasteiger partial charge in [0.25, 0.3) is 0 Å². The lowest BCUT2D eigenvalue weighted by atomic mass is 9.96. The highest BCUT2D eigenvalue weighted by atomic mass is 16.5. The molecule has 1 aromatic carbocycles. The molecule has 3 heteroatoms. The third-order valence-corrected chi connectivity index (χ3v) is 2.73. The van der Waals surface area contributed by atoms with E-state index in [4.69, 9.17) is 10.3 Å². The third-order valence-electron chi connectivity index (χ3n) is 2.73. The van der Waals surface area contributed by atoms with Crippen molar-refractivity contribution in [2.24, 2.45) is 0 Å². The van der Waals surface area contributed by atoms with Gasteiger partial charge in [0.05, 0.1) is 0 Å². The van der Waals surface area contributed by atoms with Crippen molar-refractivity contribution in [3.63, 3.8) is 0 Å². The zero-order chi connectivity index (χ0) is 15.7. The molecule has 2 aromatic rings. The molecule has 0 aliphatic carbocycles. The monoisotopic (exact) mass is 276 g/mol. The summed E-state index contributed by atoms with van der Waals surface area (Å²) in [5, 5.41) is 3.95. The molecule has 0 saturated heterocycles. The zero-order valence-corrected chi connectivity index (χ0v) is 13.8. The number of hydrogen-bond acceptors (Lipinski definition) is 3. The van der Waals surface area contributed by atoms with Gasteiger partial charge in [-0.25, -0.2) is 0 Å². The first-order valence-corrected chi connectivity index (χ1v) is 7.41. The van der Waals surface area contributed by atoms with Crippen molar-refractivity contribution >= 4 is 5.88 Å². The maximum absolute atomic E-state index is 5.53. The molecule has 112 valence electrons. The van der Waals surface area contributed by atoms with Crippen LogP contribution in [-0.2, 0) is 0 Å². The Morgan fingerprint density at radius 2 is 1.65 bits per heavy atom. The van der Waals surface area contributed by atoms with Crippen molar-refractivity contribution < 1.29 is 4.52 Å². The Morgan fingerprint density at radius 1 is 1.05 bits per heavy atom. The van der Waals surface area contributed by atoms with Crippen LogP contribution in [0.2, 0.25) is 0 Å². The topological polar surface area (TPSA) is 52.0 Å². The van der Waals surface area contributed by atoms with Crippen molar-refractivity contribution in [1.29, 1.82) is 0 Å². The Kier molecular flexibility index (Phi) is 8.37. The van der Waals surface area contributed by atoms with Gasteiger partial charge in [-0.15, -0.1) is 0 Å². The molecule has 0 aliphatic rings. The van der Waals surface area contributed by atoms with E-state index in [-0.39, 0.29) is 0 Å².